The molecule has 0 amide bonds. The summed E-state index contributed by atoms with van der Waals surface area (Å²) in [6.07, 6.45) is -5.46. The minimum absolute atomic E-state index is 0.670. The van der Waals surface area contributed by atoms with E-state index in [1.807, 2.05) is 0 Å². The van der Waals surface area contributed by atoms with Gasteiger partial charge in [-0.15, -0.1) is 0 Å². The van der Waals surface area contributed by atoms with Gasteiger partial charge in [0.2, 0.25) is 6.10 Å². The van der Waals surface area contributed by atoms with Gasteiger partial charge in [0.05, 0.1) is 6.61 Å². The van der Waals surface area contributed by atoms with E-state index in [-0.39, 0.29) is 0 Å². The van der Waals surface area contributed by atoms with E-state index in [9.17, 15) is 24.3 Å². The quantitative estimate of drug-likeness (QED) is 0.357. The number of ether oxygens (including phenoxy) is 5. The summed E-state index contributed by atoms with van der Waals surface area (Å²) in [5.41, 5.74) is 0. The Morgan fingerprint density at radius 1 is 0.920 bits per heavy atom. The molecule has 0 radical (unpaired) electrons. The first-order chi connectivity index (χ1) is 11.5. The Morgan fingerprint density at radius 2 is 1.40 bits per heavy atom. The molecule has 0 aromatic carbocycles. The Labute approximate surface area is 151 Å². The number of hydrogen-bond acceptors (Lipinski definition) is 10. The van der Waals surface area contributed by atoms with Gasteiger partial charge in [-0.05, 0) is 15.9 Å². The minimum Gasteiger partial charge on any atom is -0.456 e. The molecular formula is C14H19BrO10. The standard InChI is InChI=1S/C14H19BrO10/c1-6(17)21-11-10(5-16)25-14(15,24-9(4)20)13(23-8(3)19)12(11)22-7(2)18/h10-13,16H,5H2,1-4H3/t10-,11-,12+,13+,14-/m1/s1. The van der Waals surface area contributed by atoms with Crippen molar-refractivity contribution in [3.05, 3.63) is 0 Å². The van der Waals surface area contributed by atoms with Crippen LogP contribution in [-0.2, 0) is 42.9 Å². The lowest BCUT2D eigenvalue weighted by Crippen LogP contribution is -2.66. The van der Waals surface area contributed by atoms with Crippen LogP contribution in [-0.4, -0.2) is 64.7 Å². The van der Waals surface area contributed by atoms with Crippen LogP contribution in [0, 0.1) is 0 Å². The van der Waals surface area contributed by atoms with E-state index >= 15 is 0 Å². The fraction of sp³-hybridized carbons (Fsp3) is 0.714. The van der Waals surface area contributed by atoms with Gasteiger partial charge in [0.1, 0.15) is 6.10 Å². The maximum Gasteiger partial charge on any atom is 0.312 e. The van der Waals surface area contributed by atoms with Gasteiger partial charge in [0.15, 0.2) is 12.2 Å². The molecule has 1 rings (SSSR count). The second kappa shape index (κ2) is 8.59. The molecule has 0 bridgehead atoms. The molecule has 142 valence electrons. The lowest BCUT2D eigenvalue weighted by Gasteiger charge is -2.47. The molecule has 1 aliphatic heterocycles. The van der Waals surface area contributed by atoms with Crippen LogP contribution >= 0.6 is 15.9 Å². The Bertz CT molecular complexity index is 550. The van der Waals surface area contributed by atoms with Crippen molar-refractivity contribution in [2.75, 3.05) is 6.61 Å². The third kappa shape index (κ3) is 5.65. The second-order valence-corrected chi connectivity index (χ2v) is 6.30. The SMILES string of the molecule is CC(=O)O[C@H]1[C@H](OC(C)=O)[C@H](OC(C)=O)[C@@](Br)(OC(C)=O)O[C@@H]1CO. The zero-order chi connectivity index (χ0) is 19.4. The van der Waals surface area contributed by atoms with Crippen LogP contribution in [0.5, 0.6) is 0 Å². The van der Waals surface area contributed by atoms with Crippen molar-refractivity contribution in [3.8, 4) is 0 Å². The molecule has 0 aromatic heterocycles. The molecule has 5 atom stereocenters. The van der Waals surface area contributed by atoms with Gasteiger partial charge in [-0.2, -0.15) is 0 Å². The summed E-state index contributed by atoms with van der Waals surface area (Å²) in [6, 6.07) is 0. The summed E-state index contributed by atoms with van der Waals surface area (Å²) in [7, 11) is 0. The molecule has 11 heteroatoms. The van der Waals surface area contributed by atoms with Crippen molar-refractivity contribution < 1.29 is 48.0 Å². The maximum absolute atomic E-state index is 11.5. The van der Waals surface area contributed by atoms with Crippen LogP contribution < -0.4 is 0 Å². The third-order valence-electron chi connectivity index (χ3n) is 3.00. The first kappa shape index (κ1) is 21.3. The van der Waals surface area contributed by atoms with E-state index in [1.165, 1.54) is 0 Å². The summed E-state index contributed by atoms with van der Waals surface area (Å²) < 4.78 is 23.7. The van der Waals surface area contributed by atoms with Gasteiger partial charge < -0.3 is 28.8 Å². The van der Waals surface area contributed by atoms with E-state index in [4.69, 9.17) is 23.7 Å². The van der Waals surface area contributed by atoms with E-state index in [0.717, 1.165) is 27.7 Å². The third-order valence-corrected chi connectivity index (χ3v) is 3.80. The second-order valence-electron chi connectivity index (χ2n) is 5.19. The molecular weight excluding hydrogens is 408 g/mol. The maximum atomic E-state index is 11.5. The van der Waals surface area contributed by atoms with Crippen molar-refractivity contribution in [1.82, 2.24) is 0 Å². The predicted molar refractivity (Wildman–Crippen MR) is 82.0 cm³/mol. The number of aliphatic hydroxyl groups is 1. The fourth-order valence-electron chi connectivity index (χ4n) is 2.31. The van der Waals surface area contributed by atoms with E-state index in [0.29, 0.717) is 0 Å². The van der Waals surface area contributed by atoms with Crippen molar-refractivity contribution >= 4 is 39.8 Å². The summed E-state index contributed by atoms with van der Waals surface area (Å²) >= 11 is 3.01. The van der Waals surface area contributed by atoms with Crippen molar-refractivity contribution in [2.45, 2.75) is 56.8 Å². The average Bonchev–Trinajstić information content (AvgIpc) is 2.43. The molecule has 1 N–H and O–H groups in total. The lowest BCUT2D eigenvalue weighted by atomic mass is 9.98. The minimum atomic E-state index is -2.06. The molecule has 1 aliphatic rings. The molecule has 1 heterocycles. The first-order valence-electron chi connectivity index (χ1n) is 7.19. The predicted octanol–water partition coefficient (Wildman–Crippen LogP) is -0.216. The van der Waals surface area contributed by atoms with E-state index in [1.54, 1.807) is 0 Å². The number of rotatable bonds is 5. The number of aliphatic hydroxyl groups excluding tert-OH is 1. The summed E-state index contributed by atoms with van der Waals surface area (Å²) in [4.78, 5) is 45.7. The molecule has 10 nitrogen and oxygen atoms in total. The van der Waals surface area contributed by atoms with E-state index < -0.39 is 59.6 Å². The Morgan fingerprint density at radius 3 is 1.80 bits per heavy atom. The van der Waals surface area contributed by atoms with Gasteiger partial charge in [-0.1, -0.05) is 0 Å². The molecule has 0 saturated carbocycles. The van der Waals surface area contributed by atoms with E-state index in [2.05, 4.69) is 15.9 Å². The van der Waals surface area contributed by atoms with Crippen molar-refractivity contribution in [2.24, 2.45) is 0 Å². The van der Waals surface area contributed by atoms with Crippen molar-refractivity contribution in [1.29, 1.82) is 0 Å². The summed E-state index contributed by atoms with van der Waals surface area (Å²) in [5.74, 6) is -3.14. The number of hydrogen-bond donors (Lipinski definition) is 1. The monoisotopic (exact) mass is 426 g/mol. The van der Waals surface area contributed by atoms with Crippen LogP contribution in [0.3, 0.4) is 0 Å². The molecule has 1 saturated heterocycles. The smallest absolute Gasteiger partial charge is 0.312 e. The van der Waals surface area contributed by atoms with Crippen LogP contribution in [0.15, 0.2) is 0 Å². The largest absolute Gasteiger partial charge is 0.456 e. The number of esters is 4. The first-order valence-corrected chi connectivity index (χ1v) is 7.98. The Balaban J connectivity index is 3.38. The summed E-state index contributed by atoms with van der Waals surface area (Å²) in [6.45, 7) is 3.66. The van der Waals surface area contributed by atoms with Crippen LogP contribution in [0.25, 0.3) is 0 Å². The van der Waals surface area contributed by atoms with Gasteiger partial charge in [-0.25, -0.2) is 0 Å². The number of alkyl halides is 1. The van der Waals surface area contributed by atoms with Gasteiger partial charge in [0.25, 0.3) is 0 Å². The number of carbonyl (C=O) groups is 4. The highest BCUT2D eigenvalue weighted by Gasteiger charge is 2.61. The van der Waals surface area contributed by atoms with Crippen LogP contribution in [0.1, 0.15) is 27.7 Å². The average molecular weight is 427 g/mol. The molecule has 0 spiro atoms. The Hall–Kier alpha value is -1.72. The Kier molecular flexibility index (Phi) is 7.32. The zero-order valence-corrected chi connectivity index (χ0v) is 15.6. The molecule has 0 aromatic rings. The van der Waals surface area contributed by atoms with Crippen LogP contribution in [0.2, 0.25) is 0 Å². The number of halogens is 1. The van der Waals surface area contributed by atoms with Crippen LogP contribution in [0.4, 0.5) is 0 Å². The molecule has 1 fully saturated rings. The summed E-state index contributed by atoms with van der Waals surface area (Å²) in [5, 5.41) is 9.53. The van der Waals surface area contributed by atoms with Gasteiger partial charge in [-0.3, -0.25) is 19.2 Å². The highest BCUT2D eigenvalue weighted by molar-refractivity contribution is 9.10. The highest BCUT2D eigenvalue weighted by Crippen LogP contribution is 2.40. The molecule has 0 unspecified atom stereocenters. The topological polar surface area (TPSA) is 135 Å². The normalized spacial score (nSPS) is 31.6. The highest BCUT2D eigenvalue weighted by atomic mass is 79.9. The van der Waals surface area contributed by atoms with Crippen molar-refractivity contribution in [3.63, 3.8) is 0 Å². The fourth-order valence-corrected chi connectivity index (χ4v) is 3.13. The number of carbonyl (C=O) groups excluding carboxylic acids is 4. The van der Waals surface area contributed by atoms with Gasteiger partial charge >= 0.3 is 28.6 Å². The zero-order valence-electron chi connectivity index (χ0n) is 14.0. The molecule has 0 aliphatic carbocycles. The lowest BCUT2D eigenvalue weighted by molar-refractivity contribution is -0.312. The van der Waals surface area contributed by atoms with Gasteiger partial charge in [0, 0.05) is 27.7 Å². The molecule has 25 heavy (non-hydrogen) atoms.